The Kier molecular flexibility index (Phi) is 5.27. The molecule has 0 radical (unpaired) electrons. The van der Waals surface area contributed by atoms with Gasteiger partial charge in [-0.05, 0) is 57.4 Å². The number of halogens is 1. The first-order valence-corrected chi connectivity index (χ1v) is 7.92. The van der Waals surface area contributed by atoms with E-state index in [4.69, 9.17) is 0 Å². The normalized spacial score (nSPS) is 16.0. The van der Waals surface area contributed by atoms with Crippen molar-refractivity contribution >= 4 is 11.7 Å². The van der Waals surface area contributed by atoms with Gasteiger partial charge in [0.1, 0.15) is 5.82 Å². The second-order valence-electron chi connectivity index (χ2n) is 6.42. The largest absolute Gasteiger partial charge is 0.371 e. The van der Waals surface area contributed by atoms with Crippen LogP contribution in [0.4, 0.5) is 14.9 Å². The van der Waals surface area contributed by atoms with Crippen LogP contribution in [-0.2, 0) is 0 Å². The maximum absolute atomic E-state index is 13.6. The van der Waals surface area contributed by atoms with E-state index in [0.29, 0.717) is 6.04 Å². The molecule has 1 aliphatic rings. The molecule has 2 amide bonds. The summed E-state index contributed by atoms with van der Waals surface area (Å²) in [6, 6.07) is 5.62. The fourth-order valence-corrected chi connectivity index (χ4v) is 2.93. The molecule has 1 aliphatic heterocycles. The number of piperidine rings is 1. The van der Waals surface area contributed by atoms with Crippen LogP contribution in [0, 0.1) is 12.7 Å². The van der Waals surface area contributed by atoms with Crippen molar-refractivity contribution in [3.63, 3.8) is 0 Å². The van der Waals surface area contributed by atoms with E-state index in [0.717, 1.165) is 37.2 Å². The number of carbonyl (C=O) groups excluding carboxylic acids is 1. The number of likely N-dealkylation sites (tertiary alicyclic amines) is 1. The molecule has 1 heterocycles. The van der Waals surface area contributed by atoms with Gasteiger partial charge in [0.15, 0.2) is 0 Å². The lowest BCUT2D eigenvalue weighted by Crippen LogP contribution is -2.50. The zero-order valence-corrected chi connectivity index (χ0v) is 13.9. The minimum Gasteiger partial charge on any atom is -0.371 e. The summed E-state index contributed by atoms with van der Waals surface area (Å²) in [5.74, 6) is -0.199. The van der Waals surface area contributed by atoms with Crippen LogP contribution in [0.5, 0.6) is 0 Å². The van der Waals surface area contributed by atoms with Crippen molar-refractivity contribution in [2.45, 2.75) is 45.7 Å². The number of rotatable bonds is 3. The van der Waals surface area contributed by atoms with E-state index in [1.54, 1.807) is 6.07 Å². The fraction of sp³-hybridized carbons (Fsp3) is 0.588. The Morgan fingerprint density at radius 3 is 2.50 bits per heavy atom. The minimum atomic E-state index is -0.199. The van der Waals surface area contributed by atoms with Gasteiger partial charge in [0.05, 0.1) is 0 Å². The first-order chi connectivity index (χ1) is 10.4. The van der Waals surface area contributed by atoms with Gasteiger partial charge in [-0.3, -0.25) is 0 Å². The van der Waals surface area contributed by atoms with Crippen molar-refractivity contribution in [1.82, 2.24) is 10.2 Å². The zero-order valence-electron chi connectivity index (χ0n) is 13.9. The highest BCUT2D eigenvalue weighted by Gasteiger charge is 2.25. The molecule has 0 spiro atoms. The molecule has 1 aromatic rings. The molecule has 0 aliphatic carbocycles. The Balaban J connectivity index is 1.94. The maximum atomic E-state index is 13.6. The van der Waals surface area contributed by atoms with Gasteiger partial charge in [0.2, 0.25) is 0 Å². The number of urea groups is 1. The first kappa shape index (κ1) is 16.6. The van der Waals surface area contributed by atoms with Gasteiger partial charge in [0.25, 0.3) is 0 Å². The molecule has 0 unspecified atom stereocenters. The summed E-state index contributed by atoms with van der Waals surface area (Å²) < 4.78 is 13.6. The SMILES string of the molecule is Cc1cc(F)cc(N(C)C2CCN(C(=O)NC(C)C)CC2)c1. The molecule has 0 atom stereocenters. The van der Waals surface area contributed by atoms with Crippen LogP contribution >= 0.6 is 0 Å². The highest BCUT2D eigenvalue weighted by molar-refractivity contribution is 5.74. The average Bonchev–Trinajstić information content (AvgIpc) is 2.45. The smallest absolute Gasteiger partial charge is 0.317 e. The van der Waals surface area contributed by atoms with Crippen LogP contribution in [0.15, 0.2) is 18.2 Å². The number of aryl methyl sites for hydroxylation is 1. The van der Waals surface area contributed by atoms with Crippen molar-refractivity contribution in [3.8, 4) is 0 Å². The predicted molar refractivity (Wildman–Crippen MR) is 87.8 cm³/mol. The molecule has 0 saturated carbocycles. The molecule has 122 valence electrons. The van der Waals surface area contributed by atoms with Crippen molar-refractivity contribution in [1.29, 1.82) is 0 Å². The van der Waals surface area contributed by atoms with Gasteiger partial charge in [-0.2, -0.15) is 0 Å². The van der Waals surface area contributed by atoms with Crippen LogP contribution in [0.25, 0.3) is 0 Å². The maximum Gasteiger partial charge on any atom is 0.317 e. The molecule has 1 aromatic carbocycles. The van der Waals surface area contributed by atoms with Gasteiger partial charge in [-0.1, -0.05) is 0 Å². The molecule has 0 bridgehead atoms. The minimum absolute atomic E-state index is 0.0118. The summed E-state index contributed by atoms with van der Waals surface area (Å²) in [6.45, 7) is 7.30. The van der Waals surface area contributed by atoms with E-state index < -0.39 is 0 Å². The molecule has 2 rings (SSSR count). The quantitative estimate of drug-likeness (QED) is 0.931. The molecule has 1 N–H and O–H groups in total. The first-order valence-electron chi connectivity index (χ1n) is 7.92. The van der Waals surface area contributed by atoms with E-state index in [2.05, 4.69) is 10.2 Å². The second kappa shape index (κ2) is 6.99. The third-order valence-corrected chi connectivity index (χ3v) is 4.15. The number of carbonyl (C=O) groups is 1. The predicted octanol–water partition coefficient (Wildman–Crippen LogP) is 3.15. The molecule has 4 nitrogen and oxygen atoms in total. The molecule has 1 saturated heterocycles. The summed E-state index contributed by atoms with van der Waals surface area (Å²) in [7, 11) is 2.00. The lowest BCUT2D eigenvalue weighted by Gasteiger charge is -2.38. The van der Waals surface area contributed by atoms with E-state index in [1.165, 1.54) is 6.07 Å². The summed E-state index contributed by atoms with van der Waals surface area (Å²) in [6.07, 6.45) is 1.80. The number of hydrogen-bond acceptors (Lipinski definition) is 2. The van der Waals surface area contributed by atoms with Crippen molar-refractivity contribution in [3.05, 3.63) is 29.6 Å². The van der Waals surface area contributed by atoms with E-state index >= 15 is 0 Å². The van der Waals surface area contributed by atoms with Gasteiger partial charge in [-0.15, -0.1) is 0 Å². The summed E-state index contributed by atoms with van der Waals surface area (Å²) in [5, 5.41) is 2.93. The van der Waals surface area contributed by atoms with Crippen molar-refractivity contribution in [2.24, 2.45) is 0 Å². The number of amides is 2. The molecule has 1 fully saturated rings. The van der Waals surface area contributed by atoms with E-state index in [1.807, 2.05) is 38.8 Å². The number of nitrogens with one attached hydrogen (secondary N) is 1. The van der Waals surface area contributed by atoms with Crippen LogP contribution in [0.3, 0.4) is 0 Å². The highest BCUT2D eigenvalue weighted by Crippen LogP contribution is 2.24. The van der Waals surface area contributed by atoms with Crippen LogP contribution in [0.2, 0.25) is 0 Å². The Morgan fingerprint density at radius 2 is 1.95 bits per heavy atom. The Morgan fingerprint density at radius 1 is 1.32 bits per heavy atom. The highest BCUT2D eigenvalue weighted by atomic mass is 19.1. The third kappa shape index (κ3) is 4.12. The van der Waals surface area contributed by atoms with Gasteiger partial charge < -0.3 is 15.1 Å². The third-order valence-electron chi connectivity index (χ3n) is 4.15. The lowest BCUT2D eigenvalue weighted by molar-refractivity contribution is 0.178. The zero-order chi connectivity index (χ0) is 16.3. The van der Waals surface area contributed by atoms with Gasteiger partial charge in [-0.25, -0.2) is 9.18 Å². The monoisotopic (exact) mass is 307 g/mol. The number of benzene rings is 1. The number of anilines is 1. The molecule has 22 heavy (non-hydrogen) atoms. The number of nitrogens with zero attached hydrogens (tertiary/aromatic N) is 2. The van der Waals surface area contributed by atoms with Crippen molar-refractivity contribution in [2.75, 3.05) is 25.0 Å². The van der Waals surface area contributed by atoms with Gasteiger partial charge in [0, 0.05) is 37.9 Å². The van der Waals surface area contributed by atoms with E-state index in [9.17, 15) is 9.18 Å². The second-order valence-corrected chi connectivity index (χ2v) is 6.42. The summed E-state index contributed by atoms with van der Waals surface area (Å²) >= 11 is 0. The standard InChI is InChI=1S/C17H26FN3O/c1-12(2)19-17(22)21-7-5-15(6-8-21)20(4)16-10-13(3)9-14(18)11-16/h9-12,15H,5-8H2,1-4H3,(H,19,22). The Hall–Kier alpha value is -1.78. The lowest BCUT2D eigenvalue weighted by atomic mass is 10.0. The topological polar surface area (TPSA) is 35.6 Å². The van der Waals surface area contributed by atoms with E-state index in [-0.39, 0.29) is 17.9 Å². The van der Waals surface area contributed by atoms with Crippen LogP contribution in [0.1, 0.15) is 32.3 Å². The van der Waals surface area contributed by atoms with Crippen LogP contribution in [-0.4, -0.2) is 43.2 Å². The molecular weight excluding hydrogens is 281 g/mol. The molecule has 5 heteroatoms. The fourth-order valence-electron chi connectivity index (χ4n) is 2.93. The Labute approximate surface area is 132 Å². The Bertz CT molecular complexity index is 504. The van der Waals surface area contributed by atoms with Gasteiger partial charge >= 0.3 is 6.03 Å². The van der Waals surface area contributed by atoms with Crippen LogP contribution < -0.4 is 10.2 Å². The summed E-state index contributed by atoms with van der Waals surface area (Å²) in [4.78, 5) is 16.0. The van der Waals surface area contributed by atoms with Crippen molar-refractivity contribution < 1.29 is 9.18 Å². The average molecular weight is 307 g/mol. The molecule has 0 aromatic heterocycles. The number of hydrogen-bond donors (Lipinski definition) is 1. The summed E-state index contributed by atoms with van der Waals surface area (Å²) in [5.41, 5.74) is 1.83. The molecular formula is C17H26FN3O.